The van der Waals surface area contributed by atoms with Crippen molar-refractivity contribution in [2.24, 2.45) is 11.3 Å². The van der Waals surface area contributed by atoms with Gasteiger partial charge in [0, 0.05) is 20.2 Å². The van der Waals surface area contributed by atoms with E-state index < -0.39 is 6.10 Å². The molecule has 1 aliphatic rings. The second-order valence-corrected chi connectivity index (χ2v) is 6.56. The highest BCUT2D eigenvalue weighted by Gasteiger charge is 2.34. The zero-order chi connectivity index (χ0) is 13.8. The largest absolute Gasteiger partial charge is 0.393 e. The van der Waals surface area contributed by atoms with Crippen molar-refractivity contribution in [2.75, 3.05) is 33.9 Å². The van der Waals surface area contributed by atoms with Crippen LogP contribution in [0.2, 0.25) is 0 Å². The van der Waals surface area contributed by atoms with Crippen LogP contribution in [0.5, 0.6) is 0 Å². The van der Waals surface area contributed by atoms with E-state index in [9.17, 15) is 10.2 Å². The van der Waals surface area contributed by atoms with Crippen molar-refractivity contribution in [3.63, 3.8) is 0 Å². The fourth-order valence-corrected chi connectivity index (χ4v) is 2.99. The molecule has 0 amide bonds. The molecule has 0 heterocycles. The summed E-state index contributed by atoms with van der Waals surface area (Å²) >= 11 is 0. The molecule has 0 radical (unpaired) electrons. The van der Waals surface area contributed by atoms with Crippen LogP contribution in [0.25, 0.3) is 0 Å². The summed E-state index contributed by atoms with van der Waals surface area (Å²) in [6, 6.07) is 0. The fraction of sp³-hybridized carbons (Fsp3) is 1.00. The van der Waals surface area contributed by atoms with Crippen molar-refractivity contribution in [3.8, 4) is 0 Å². The second kappa shape index (κ2) is 6.85. The normalized spacial score (nSPS) is 29.5. The van der Waals surface area contributed by atoms with E-state index >= 15 is 0 Å². The summed E-state index contributed by atoms with van der Waals surface area (Å²) in [6.07, 6.45) is 2.40. The van der Waals surface area contributed by atoms with Crippen LogP contribution in [-0.4, -0.2) is 61.2 Å². The highest BCUT2D eigenvalue weighted by Crippen LogP contribution is 2.38. The third-order valence-electron chi connectivity index (χ3n) is 3.90. The fourth-order valence-electron chi connectivity index (χ4n) is 2.99. The maximum atomic E-state index is 10.1. The summed E-state index contributed by atoms with van der Waals surface area (Å²) in [6.45, 7) is 6.34. The lowest BCUT2D eigenvalue weighted by Gasteiger charge is -2.40. The van der Waals surface area contributed by atoms with Gasteiger partial charge in [0.1, 0.15) is 0 Å². The molecule has 0 bridgehead atoms. The van der Waals surface area contributed by atoms with Crippen molar-refractivity contribution in [1.29, 1.82) is 0 Å². The first-order valence-electron chi connectivity index (χ1n) is 6.87. The minimum Gasteiger partial charge on any atom is -0.393 e. The number of ether oxygens (including phenoxy) is 1. The van der Waals surface area contributed by atoms with E-state index in [-0.39, 0.29) is 6.10 Å². The number of aliphatic hydroxyl groups is 2. The summed E-state index contributed by atoms with van der Waals surface area (Å²) in [4.78, 5) is 2.10. The molecule has 3 unspecified atom stereocenters. The Morgan fingerprint density at radius 1 is 1.44 bits per heavy atom. The molecule has 0 spiro atoms. The van der Waals surface area contributed by atoms with Crippen LogP contribution < -0.4 is 0 Å². The molecule has 108 valence electrons. The predicted molar refractivity (Wildman–Crippen MR) is 72.5 cm³/mol. The van der Waals surface area contributed by atoms with E-state index in [2.05, 4.69) is 18.7 Å². The Morgan fingerprint density at radius 3 is 2.72 bits per heavy atom. The third kappa shape index (κ3) is 5.22. The average Bonchev–Trinajstić information content (AvgIpc) is 2.23. The standard InChI is InChI=1S/C14H29NO3/c1-14(2)6-5-13(17)11(7-14)8-15(3)9-12(16)10-18-4/h11-13,16-17H,5-10H2,1-4H3. The highest BCUT2D eigenvalue weighted by atomic mass is 16.5. The van der Waals surface area contributed by atoms with Crippen LogP contribution in [0.1, 0.15) is 33.1 Å². The van der Waals surface area contributed by atoms with Gasteiger partial charge < -0.3 is 19.8 Å². The second-order valence-electron chi connectivity index (χ2n) is 6.56. The van der Waals surface area contributed by atoms with Crippen molar-refractivity contribution in [2.45, 2.75) is 45.3 Å². The molecule has 3 atom stereocenters. The van der Waals surface area contributed by atoms with Crippen molar-refractivity contribution in [1.82, 2.24) is 4.90 Å². The van der Waals surface area contributed by atoms with Crippen LogP contribution >= 0.6 is 0 Å². The lowest BCUT2D eigenvalue weighted by Crippen LogP contribution is -2.42. The van der Waals surface area contributed by atoms with Gasteiger partial charge in [-0.3, -0.25) is 0 Å². The molecule has 0 aromatic rings. The summed E-state index contributed by atoms with van der Waals surface area (Å²) in [5.74, 6) is 0.313. The lowest BCUT2D eigenvalue weighted by molar-refractivity contribution is -0.00525. The first-order chi connectivity index (χ1) is 8.34. The molecular formula is C14H29NO3. The monoisotopic (exact) mass is 259 g/mol. The summed E-state index contributed by atoms with van der Waals surface area (Å²) in [5, 5.41) is 19.8. The Balaban J connectivity index is 2.39. The van der Waals surface area contributed by atoms with Gasteiger partial charge >= 0.3 is 0 Å². The predicted octanol–water partition coefficient (Wildman–Crippen LogP) is 1.11. The molecule has 0 aromatic heterocycles. The van der Waals surface area contributed by atoms with Gasteiger partial charge in [-0.05, 0) is 37.6 Å². The van der Waals surface area contributed by atoms with Crippen LogP contribution in [0.15, 0.2) is 0 Å². The minimum atomic E-state index is -0.450. The number of nitrogens with zero attached hydrogens (tertiary/aromatic N) is 1. The smallest absolute Gasteiger partial charge is 0.0899 e. The van der Waals surface area contributed by atoms with Gasteiger partial charge in [0.2, 0.25) is 0 Å². The van der Waals surface area contributed by atoms with Crippen LogP contribution in [0.3, 0.4) is 0 Å². The SMILES string of the molecule is COCC(O)CN(C)CC1CC(C)(C)CCC1O. The van der Waals surface area contributed by atoms with Crippen molar-refractivity contribution >= 4 is 0 Å². The quantitative estimate of drug-likeness (QED) is 0.750. The first kappa shape index (κ1) is 15.9. The topological polar surface area (TPSA) is 52.9 Å². The molecule has 0 aromatic carbocycles. The minimum absolute atomic E-state index is 0.194. The van der Waals surface area contributed by atoms with Gasteiger partial charge in [-0.1, -0.05) is 13.8 Å². The number of aliphatic hydroxyl groups excluding tert-OH is 2. The number of likely N-dealkylation sites (N-methyl/N-ethyl adjacent to an activating group) is 1. The molecule has 1 fully saturated rings. The van der Waals surface area contributed by atoms with E-state index in [1.165, 1.54) is 0 Å². The molecule has 4 heteroatoms. The van der Waals surface area contributed by atoms with Crippen LogP contribution in [0.4, 0.5) is 0 Å². The Labute approximate surface area is 111 Å². The van der Waals surface area contributed by atoms with Gasteiger partial charge in [0.25, 0.3) is 0 Å². The zero-order valence-corrected chi connectivity index (χ0v) is 12.2. The van der Waals surface area contributed by atoms with E-state index in [0.29, 0.717) is 24.5 Å². The summed E-state index contributed by atoms with van der Waals surface area (Å²) in [7, 11) is 3.59. The van der Waals surface area contributed by atoms with Gasteiger partial charge in [-0.25, -0.2) is 0 Å². The van der Waals surface area contributed by atoms with Crippen LogP contribution in [-0.2, 0) is 4.74 Å². The Morgan fingerprint density at radius 2 is 2.11 bits per heavy atom. The van der Waals surface area contributed by atoms with Crippen LogP contribution in [0, 0.1) is 11.3 Å². The van der Waals surface area contributed by atoms with Gasteiger partial charge in [0.15, 0.2) is 0 Å². The molecule has 1 saturated carbocycles. The summed E-state index contributed by atoms with van der Waals surface area (Å²) in [5.41, 5.74) is 0.329. The maximum Gasteiger partial charge on any atom is 0.0899 e. The molecule has 18 heavy (non-hydrogen) atoms. The molecule has 1 aliphatic carbocycles. The molecular weight excluding hydrogens is 230 g/mol. The van der Waals surface area contributed by atoms with E-state index in [0.717, 1.165) is 25.8 Å². The molecule has 1 rings (SSSR count). The number of hydrogen-bond acceptors (Lipinski definition) is 4. The van der Waals surface area contributed by atoms with Crippen molar-refractivity contribution < 1.29 is 14.9 Å². The molecule has 0 saturated heterocycles. The number of hydrogen-bond donors (Lipinski definition) is 2. The number of rotatable bonds is 6. The molecule has 2 N–H and O–H groups in total. The number of methoxy groups -OCH3 is 1. The first-order valence-corrected chi connectivity index (χ1v) is 6.87. The Hall–Kier alpha value is -0.160. The summed E-state index contributed by atoms with van der Waals surface area (Å²) < 4.78 is 4.92. The van der Waals surface area contributed by atoms with Gasteiger partial charge in [0.05, 0.1) is 18.8 Å². The maximum absolute atomic E-state index is 10.1. The Bertz CT molecular complexity index is 245. The zero-order valence-electron chi connectivity index (χ0n) is 12.2. The van der Waals surface area contributed by atoms with Gasteiger partial charge in [-0.2, -0.15) is 0 Å². The molecule has 4 nitrogen and oxygen atoms in total. The van der Waals surface area contributed by atoms with Gasteiger partial charge in [-0.15, -0.1) is 0 Å². The average molecular weight is 259 g/mol. The van der Waals surface area contributed by atoms with E-state index in [4.69, 9.17) is 4.74 Å². The van der Waals surface area contributed by atoms with E-state index in [1.807, 2.05) is 7.05 Å². The third-order valence-corrected chi connectivity index (χ3v) is 3.90. The Kier molecular flexibility index (Phi) is 6.05. The van der Waals surface area contributed by atoms with Crippen molar-refractivity contribution in [3.05, 3.63) is 0 Å². The van der Waals surface area contributed by atoms with E-state index in [1.54, 1.807) is 7.11 Å². The lowest BCUT2D eigenvalue weighted by atomic mass is 9.71. The highest BCUT2D eigenvalue weighted by molar-refractivity contribution is 4.86. The molecule has 0 aliphatic heterocycles.